The molecule has 3 rings (SSSR count). The van der Waals surface area contributed by atoms with Gasteiger partial charge in [0.25, 0.3) is 11.6 Å². The fraction of sp³-hybridized carbons (Fsp3) is 0.333. The molecule has 0 aliphatic rings. The van der Waals surface area contributed by atoms with Gasteiger partial charge < -0.3 is 4.90 Å². The van der Waals surface area contributed by atoms with Crippen LogP contribution in [0.1, 0.15) is 27.9 Å². The Morgan fingerprint density at radius 2 is 1.90 bits per heavy atom. The van der Waals surface area contributed by atoms with Gasteiger partial charge in [-0.1, -0.05) is 17.4 Å². The van der Waals surface area contributed by atoms with Crippen LogP contribution in [0.4, 0.5) is 10.8 Å². The van der Waals surface area contributed by atoms with E-state index in [0.717, 1.165) is 34.3 Å². The number of hydrogen-bond acceptors (Lipinski definition) is 5. The first-order chi connectivity index (χ1) is 13.8. The van der Waals surface area contributed by atoms with Gasteiger partial charge in [-0.25, -0.2) is 4.98 Å². The summed E-state index contributed by atoms with van der Waals surface area (Å²) in [7, 11) is 4.15. The number of aryl methyl sites for hydroxylation is 2. The Morgan fingerprint density at radius 1 is 1.21 bits per heavy atom. The maximum atomic E-state index is 13.2. The Balaban J connectivity index is 1.96. The Bertz CT molecular complexity index is 1040. The van der Waals surface area contributed by atoms with Crippen LogP contribution >= 0.6 is 11.3 Å². The molecule has 2 aromatic carbocycles. The minimum atomic E-state index is -0.468. The summed E-state index contributed by atoms with van der Waals surface area (Å²) in [6.45, 7) is 5.54. The van der Waals surface area contributed by atoms with E-state index in [-0.39, 0.29) is 11.6 Å². The number of non-ortho nitro benzene ring substituents is 1. The van der Waals surface area contributed by atoms with Gasteiger partial charge in [0.1, 0.15) is 0 Å². The highest BCUT2D eigenvalue weighted by Gasteiger charge is 2.22. The highest BCUT2D eigenvalue weighted by molar-refractivity contribution is 7.22. The van der Waals surface area contributed by atoms with Crippen LogP contribution in [0.3, 0.4) is 0 Å². The lowest BCUT2D eigenvalue weighted by Crippen LogP contribution is -3.05. The van der Waals surface area contributed by atoms with Crippen molar-refractivity contribution in [2.75, 3.05) is 32.1 Å². The van der Waals surface area contributed by atoms with Crippen LogP contribution in [0.15, 0.2) is 36.4 Å². The smallest absolute Gasteiger partial charge is 0.269 e. The number of anilines is 1. The lowest BCUT2D eigenvalue weighted by atomic mass is 10.1. The molecule has 7 nitrogen and oxygen atoms in total. The molecule has 1 aromatic heterocycles. The van der Waals surface area contributed by atoms with Gasteiger partial charge in [0.2, 0.25) is 0 Å². The zero-order valence-electron chi connectivity index (χ0n) is 17.1. The van der Waals surface area contributed by atoms with Crippen molar-refractivity contribution in [3.8, 4) is 0 Å². The number of nitrogens with one attached hydrogen (secondary N) is 1. The Kier molecular flexibility index (Phi) is 6.24. The van der Waals surface area contributed by atoms with Crippen molar-refractivity contribution in [2.45, 2.75) is 20.3 Å². The van der Waals surface area contributed by atoms with Crippen molar-refractivity contribution >= 4 is 38.3 Å². The first-order valence-corrected chi connectivity index (χ1v) is 10.3. The van der Waals surface area contributed by atoms with Crippen LogP contribution in [-0.4, -0.2) is 43.0 Å². The van der Waals surface area contributed by atoms with E-state index < -0.39 is 4.92 Å². The molecule has 0 radical (unpaired) electrons. The fourth-order valence-corrected chi connectivity index (χ4v) is 4.40. The maximum Gasteiger partial charge on any atom is 0.269 e. The number of quaternary nitrogens is 1. The zero-order chi connectivity index (χ0) is 21.1. The van der Waals surface area contributed by atoms with Gasteiger partial charge in [-0.05, 0) is 43.2 Å². The van der Waals surface area contributed by atoms with Crippen molar-refractivity contribution in [2.24, 2.45) is 0 Å². The van der Waals surface area contributed by atoms with Crippen molar-refractivity contribution in [1.82, 2.24) is 4.98 Å². The summed E-state index contributed by atoms with van der Waals surface area (Å²) < 4.78 is 1.05. The van der Waals surface area contributed by atoms with Gasteiger partial charge in [0.15, 0.2) is 5.13 Å². The molecular weight excluding hydrogens is 388 g/mol. The minimum absolute atomic E-state index is 0.0320. The average molecular weight is 414 g/mol. The summed E-state index contributed by atoms with van der Waals surface area (Å²) in [5.41, 5.74) is 3.54. The Labute approximate surface area is 173 Å². The van der Waals surface area contributed by atoms with E-state index >= 15 is 0 Å². The molecule has 0 aliphatic carbocycles. The molecule has 0 fully saturated rings. The molecule has 1 N–H and O–H groups in total. The summed E-state index contributed by atoms with van der Waals surface area (Å²) in [4.78, 5) is 31.4. The summed E-state index contributed by atoms with van der Waals surface area (Å²) in [6, 6.07) is 9.91. The standard InChI is InChI=1S/C21H24N4O3S/c1-14-12-15(2)19-18(13-14)29-21(22-19)24(11-5-10-23(3)4)20(26)16-6-8-17(9-7-16)25(27)28/h6-9,12-13H,5,10-11H2,1-4H3/p+1. The van der Waals surface area contributed by atoms with Crippen molar-refractivity contribution in [3.05, 3.63) is 63.2 Å². The number of benzene rings is 2. The molecule has 0 saturated carbocycles. The van der Waals surface area contributed by atoms with Crippen LogP contribution in [0.5, 0.6) is 0 Å². The molecule has 0 spiro atoms. The number of nitro benzene ring substituents is 1. The fourth-order valence-electron chi connectivity index (χ4n) is 3.23. The number of hydrogen-bond donors (Lipinski definition) is 1. The Hall–Kier alpha value is -2.84. The molecule has 29 heavy (non-hydrogen) atoms. The predicted molar refractivity (Wildman–Crippen MR) is 116 cm³/mol. The molecule has 0 saturated heterocycles. The quantitative estimate of drug-likeness (QED) is 0.477. The summed E-state index contributed by atoms with van der Waals surface area (Å²) in [6.07, 6.45) is 0.828. The first-order valence-electron chi connectivity index (χ1n) is 9.49. The molecule has 0 bridgehead atoms. The lowest BCUT2D eigenvalue weighted by molar-refractivity contribution is -0.858. The molecule has 0 atom stereocenters. The largest absolute Gasteiger partial charge is 0.340 e. The van der Waals surface area contributed by atoms with Crippen molar-refractivity contribution in [1.29, 1.82) is 0 Å². The number of fused-ring (bicyclic) bond motifs is 1. The van der Waals surface area contributed by atoms with Crippen LogP contribution in [0.2, 0.25) is 0 Å². The summed E-state index contributed by atoms with van der Waals surface area (Å²) in [5, 5.41) is 11.6. The van der Waals surface area contributed by atoms with E-state index in [0.29, 0.717) is 17.2 Å². The normalized spacial score (nSPS) is 11.2. The number of carbonyl (C=O) groups excluding carboxylic acids is 1. The van der Waals surface area contributed by atoms with Gasteiger partial charge in [0.05, 0.1) is 35.8 Å². The van der Waals surface area contributed by atoms with Gasteiger partial charge in [-0.2, -0.15) is 0 Å². The number of nitro groups is 1. The second-order valence-electron chi connectivity index (χ2n) is 7.50. The SMILES string of the molecule is Cc1cc(C)c2nc(N(CCC[NH+](C)C)C(=O)c3ccc([N+](=O)[O-])cc3)sc2c1. The molecule has 0 aliphatic heterocycles. The summed E-state index contributed by atoms with van der Waals surface area (Å²) in [5.74, 6) is -0.193. The summed E-state index contributed by atoms with van der Waals surface area (Å²) >= 11 is 1.50. The van der Waals surface area contributed by atoms with Crippen LogP contribution in [0.25, 0.3) is 10.2 Å². The second-order valence-corrected chi connectivity index (χ2v) is 8.51. The number of aromatic nitrogens is 1. The number of nitrogens with zero attached hydrogens (tertiary/aromatic N) is 3. The van der Waals surface area contributed by atoms with E-state index in [1.807, 2.05) is 13.8 Å². The minimum Gasteiger partial charge on any atom is -0.340 e. The monoisotopic (exact) mass is 413 g/mol. The van der Waals surface area contributed by atoms with Crippen molar-refractivity contribution < 1.29 is 14.6 Å². The maximum absolute atomic E-state index is 13.2. The number of rotatable bonds is 7. The zero-order valence-corrected chi connectivity index (χ0v) is 17.9. The van der Waals surface area contributed by atoms with Gasteiger partial charge in [-0.15, -0.1) is 0 Å². The number of thiazole rings is 1. The van der Waals surface area contributed by atoms with Crippen molar-refractivity contribution in [3.63, 3.8) is 0 Å². The average Bonchev–Trinajstić information content (AvgIpc) is 3.08. The highest BCUT2D eigenvalue weighted by Crippen LogP contribution is 2.32. The highest BCUT2D eigenvalue weighted by atomic mass is 32.1. The molecule has 8 heteroatoms. The Morgan fingerprint density at radius 3 is 2.52 bits per heavy atom. The third kappa shape index (κ3) is 4.78. The van der Waals surface area contributed by atoms with E-state index in [1.54, 1.807) is 4.90 Å². The third-order valence-corrected chi connectivity index (χ3v) is 5.70. The predicted octanol–water partition coefficient (Wildman–Crippen LogP) is 3.00. The van der Waals surface area contributed by atoms with Crippen LogP contribution in [0, 0.1) is 24.0 Å². The van der Waals surface area contributed by atoms with E-state index in [9.17, 15) is 14.9 Å². The third-order valence-electron chi connectivity index (χ3n) is 4.68. The second kappa shape index (κ2) is 8.67. The van der Waals surface area contributed by atoms with E-state index in [2.05, 4.69) is 26.2 Å². The van der Waals surface area contributed by atoms with E-state index in [4.69, 9.17) is 4.98 Å². The molecule has 0 unspecified atom stereocenters. The van der Waals surface area contributed by atoms with Gasteiger partial charge in [0, 0.05) is 30.7 Å². The van der Waals surface area contributed by atoms with Crippen LogP contribution < -0.4 is 9.80 Å². The van der Waals surface area contributed by atoms with E-state index in [1.165, 1.54) is 40.5 Å². The molecular formula is C21H25N4O3S+. The van der Waals surface area contributed by atoms with Gasteiger partial charge in [-0.3, -0.25) is 19.8 Å². The molecule has 1 heterocycles. The molecule has 152 valence electrons. The number of carbonyl (C=O) groups is 1. The topological polar surface area (TPSA) is 80.8 Å². The molecule has 3 aromatic rings. The number of amides is 1. The molecule has 1 amide bonds. The van der Waals surface area contributed by atoms with Crippen LogP contribution in [-0.2, 0) is 0 Å². The lowest BCUT2D eigenvalue weighted by Gasteiger charge is -2.20. The van der Waals surface area contributed by atoms with Gasteiger partial charge >= 0.3 is 0 Å². The first kappa shape index (κ1) is 20.9.